The quantitative estimate of drug-likeness (QED) is 0.826. The predicted molar refractivity (Wildman–Crippen MR) is 102 cm³/mol. The molecule has 0 radical (unpaired) electrons. The van der Waals surface area contributed by atoms with Crippen LogP contribution in [0.3, 0.4) is 0 Å². The summed E-state index contributed by atoms with van der Waals surface area (Å²) in [4.78, 5) is 0. The van der Waals surface area contributed by atoms with Crippen LogP contribution >= 0.6 is 0 Å². The van der Waals surface area contributed by atoms with E-state index in [1.54, 1.807) is 0 Å². The lowest BCUT2D eigenvalue weighted by Crippen LogP contribution is -2.68. The van der Waals surface area contributed by atoms with Crippen molar-refractivity contribution >= 4 is 18.7 Å². The predicted octanol–water partition coefficient (Wildman–Crippen LogP) is 3.30. The van der Waals surface area contributed by atoms with Gasteiger partial charge in [-0.3, -0.25) is 0 Å². The standard InChI is InChI=1S/C20H29NOSi/c1-5-17(16-21)22-23(20(2,3)4,18-12-8-6-9-13-18)19-14-10-7-11-15-19/h6-15,17H,5,16,21H2,1-4H3. The lowest BCUT2D eigenvalue weighted by atomic mass is 10.2. The Bertz CT molecular complexity index is 549. The molecule has 3 heteroatoms. The van der Waals surface area contributed by atoms with Crippen LogP contribution < -0.4 is 16.1 Å². The molecule has 124 valence electrons. The summed E-state index contributed by atoms with van der Waals surface area (Å²) in [7, 11) is -2.43. The molecule has 0 saturated heterocycles. The van der Waals surface area contributed by atoms with E-state index in [9.17, 15) is 0 Å². The third-order valence-electron chi connectivity index (χ3n) is 4.48. The van der Waals surface area contributed by atoms with Crippen molar-refractivity contribution in [3.63, 3.8) is 0 Å². The number of hydrogen-bond donors (Lipinski definition) is 1. The molecule has 1 atom stereocenters. The lowest BCUT2D eigenvalue weighted by molar-refractivity contribution is 0.191. The van der Waals surface area contributed by atoms with Crippen molar-refractivity contribution in [2.75, 3.05) is 6.54 Å². The van der Waals surface area contributed by atoms with Gasteiger partial charge in [-0.25, -0.2) is 0 Å². The lowest BCUT2D eigenvalue weighted by Gasteiger charge is -2.45. The molecule has 0 aliphatic heterocycles. The van der Waals surface area contributed by atoms with Gasteiger partial charge in [0.2, 0.25) is 0 Å². The summed E-state index contributed by atoms with van der Waals surface area (Å²) in [5, 5.41) is 2.63. The van der Waals surface area contributed by atoms with Crippen LogP contribution in [0.1, 0.15) is 34.1 Å². The van der Waals surface area contributed by atoms with Gasteiger partial charge >= 0.3 is 0 Å². The smallest absolute Gasteiger partial charge is 0.261 e. The van der Waals surface area contributed by atoms with Gasteiger partial charge in [0.05, 0.1) is 6.10 Å². The molecular weight excluding hydrogens is 298 g/mol. The molecule has 1 unspecified atom stereocenters. The second-order valence-electron chi connectivity index (χ2n) is 7.05. The number of rotatable bonds is 6. The molecule has 0 amide bonds. The van der Waals surface area contributed by atoms with Gasteiger partial charge in [-0.05, 0) is 21.8 Å². The van der Waals surface area contributed by atoms with Gasteiger partial charge in [-0.2, -0.15) is 0 Å². The van der Waals surface area contributed by atoms with Gasteiger partial charge in [-0.1, -0.05) is 88.4 Å². The minimum absolute atomic E-state index is 0.0122. The first-order chi connectivity index (χ1) is 11.0. The van der Waals surface area contributed by atoms with Crippen LogP contribution in [-0.2, 0) is 4.43 Å². The highest BCUT2D eigenvalue weighted by atomic mass is 28.4. The van der Waals surface area contributed by atoms with Crippen LogP contribution in [0.4, 0.5) is 0 Å². The number of nitrogens with two attached hydrogens (primary N) is 1. The van der Waals surface area contributed by atoms with Gasteiger partial charge in [0, 0.05) is 6.54 Å². The fourth-order valence-corrected chi connectivity index (χ4v) is 8.02. The minimum atomic E-state index is -2.43. The SMILES string of the molecule is CCC(CN)O[Si](c1ccccc1)(c1ccccc1)C(C)(C)C. The topological polar surface area (TPSA) is 35.2 Å². The molecule has 0 fully saturated rings. The maximum Gasteiger partial charge on any atom is 0.261 e. The van der Waals surface area contributed by atoms with Gasteiger partial charge in [0.15, 0.2) is 0 Å². The highest BCUT2D eigenvalue weighted by molar-refractivity contribution is 6.99. The fraction of sp³-hybridized carbons (Fsp3) is 0.400. The van der Waals surface area contributed by atoms with Crippen LogP contribution in [0.2, 0.25) is 5.04 Å². The van der Waals surface area contributed by atoms with Gasteiger partial charge in [0.25, 0.3) is 8.32 Å². The Labute approximate surface area is 141 Å². The summed E-state index contributed by atoms with van der Waals surface area (Å²) in [6.07, 6.45) is 1.02. The largest absolute Gasteiger partial charge is 0.403 e. The minimum Gasteiger partial charge on any atom is -0.403 e. The van der Waals surface area contributed by atoms with E-state index in [-0.39, 0.29) is 11.1 Å². The third-order valence-corrected chi connectivity index (χ3v) is 9.57. The molecule has 2 N–H and O–H groups in total. The Kier molecular flexibility index (Phi) is 5.79. The fourth-order valence-electron chi connectivity index (χ4n) is 3.24. The normalized spacial score (nSPS) is 13.8. The maximum atomic E-state index is 6.89. The average Bonchev–Trinajstić information content (AvgIpc) is 2.57. The van der Waals surface area contributed by atoms with Crippen LogP contribution in [0.5, 0.6) is 0 Å². The zero-order valence-electron chi connectivity index (χ0n) is 14.8. The first-order valence-electron chi connectivity index (χ1n) is 8.44. The monoisotopic (exact) mass is 327 g/mol. The Balaban J connectivity index is 2.69. The first kappa shape index (κ1) is 17.9. The van der Waals surface area contributed by atoms with Crippen molar-refractivity contribution < 1.29 is 4.43 Å². The molecule has 2 rings (SSSR count). The molecule has 0 bridgehead atoms. The molecule has 2 nitrogen and oxygen atoms in total. The third kappa shape index (κ3) is 3.57. The molecule has 0 aliphatic rings. The number of hydrogen-bond acceptors (Lipinski definition) is 2. The van der Waals surface area contributed by atoms with E-state index >= 15 is 0 Å². The summed E-state index contributed by atoms with van der Waals surface area (Å²) in [6.45, 7) is 9.59. The zero-order chi connectivity index (χ0) is 16.9. The van der Waals surface area contributed by atoms with Crippen molar-refractivity contribution in [2.45, 2.75) is 45.3 Å². The molecule has 2 aromatic rings. The van der Waals surface area contributed by atoms with Crippen LogP contribution in [0.25, 0.3) is 0 Å². The van der Waals surface area contributed by atoms with E-state index in [0.717, 1.165) is 6.42 Å². The maximum absolute atomic E-state index is 6.89. The van der Waals surface area contributed by atoms with Crippen molar-refractivity contribution in [3.8, 4) is 0 Å². The second kappa shape index (κ2) is 7.43. The van der Waals surface area contributed by atoms with Crippen molar-refractivity contribution in [3.05, 3.63) is 60.7 Å². The van der Waals surface area contributed by atoms with Crippen molar-refractivity contribution in [1.29, 1.82) is 0 Å². The highest BCUT2D eigenvalue weighted by Crippen LogP contribution is 2.37. The van der Waals surface area contributed by atoms with E-state index in [1.165, 1.54) is 10.4 Å². The van der Waals surface area contributed by atoms with E-state index in [2.05, 4.69) is 88.4 Å². The average molecular weight is 328 g/mol. The van der Waals surface area contributed by atoms with E-state index in [0.29, 0.717) is 6.54 Å². The Morgan fingerprint density at radius 3 is 1.65 bits per heavy atom. The van der Waals surface area contributed by atoms with E-state index in [4.69, 9.17) is 10.2 Å². The summed E-state index contributed by atoms with van der Waals surface area (Å²) in [5.74, 6) is 0. The van der Waals surface area contributed by atoms with Crippen LogP contribution in [0.15, 0.2) is 60.7 Å². The molecule has 0 saturated carbocycles. The summed E-state index contributed by atoms with van der Waals surface area (Å²) in [6, 6.07) is 21.4. The molecule has 0 aromatic heterocycles. The molecular formula is C20H29NOSi. The summed E-state index contributed by atoms with van der Waals surface area (Å²) >= 11 is 0. The van der Waals surface area contributed by atoms with Gasteiger partial charge in [-0.15, -0.1) is 0 Å². The molecule has 0 heterocycles. The van der Waals surface area contributed by atoms with Gasteiger partial charge < -0.3 is 10.2 Å². The molecule has 23 heavy (non-hydrogen) atoms. The second-order valence-corrected chi connectivity index (χ2v) is 11.3. The van der Waals surface area contributed by atoms with E-state index < -0.39 is 8.32 Å². The molecule has 2 aromatic carbocycles. The number of benzene rings is 2. The Hall–Kier alpha value is -1.42. The van der Waals surface area contributed by atoms with Crippen molar-refractivity contribution in [1.82, 2.24) is 0 Å². The molecule has 0 aliphatic carbocycles. The highest BCUT2D eigenvalue weighted by Gasteiger charge is 2.51. The summed E-state index contributed by atoms with van der Waals surface area (Å²) in [5.41, 5.74) is 5.99. The van der Waals surface area contributed by atoms with Crippen molar-refractivity contribution in [2.24, 2.45) is 5.73 Å². The summed E-state index contributed by atoms with van der Waals surface area (Å²) < 4.78 is 6.89. The van der Waals surface area contributed by atoms with Gasteiger partial charge in [0.1, 0.15) is 0 Å². The van der Waals surface area contributed by atoms with Crippen LogP contribution in [0, 0.1) is 0 Å². The Morgan fingerprint density at radius 2 is 1.35 bits per heavy atom. The van der Waals surface area contributed by atoms with E-state index in [1.807, 2.05) is 0 Å². The molecule has 0 spiro atoms. The van der Waals surface area contributed by atoms with Crippen LogP contribution in [-0.4, -0.2) is 21.0 Å². The zero-order valence-corrected chi connectivity index (χ0v) is 15.8. The Morgan fingerprint density at radius 1 is 0.913 bits per heavy atom. The first-order valence-corrected chi connectivity index (χ1v) is 10.4.